The summed E-state index contributed by atoms with van der Waals surface area (Å²) in [7, 11) is 0. The molecule has 1 aromatic heterocycles. The lowest BCUT2D eigenvalue weighted by Gasteiger charge is -2.00. The number of nitrogens with two attached hydrogens (primary N) is 1. The van der Waals surface area contributed by atoms with Crippen molar-refractivity contribution >= 4 is 5.82 Å². The first-order chi connectivity index (χ1) is 5.65. The number of H-pyrrole nitrogens is 1. The van der Waals surface area contributed by atoms with E-state index in [9.17, 15) is 10.1 Å². The van der Waals surface area contributed by atoms with E-state index < -0.39 is 11.0 Å². The second-order valence-corrected chi connectivity index (χ2v) is 2.21. The summed E-state index contributed by atoms with van der Waals surface area (Å²) < 4.78 is 0. The van der Waals surface area contributed by atoms with Crippen molar-refractivity contribution in [2.75, 3.05) is 0 Å². The van der Waals surface area contributed by atoms with Gasteiger partial charge in [0.2, 0.25) is 0 Å². The molecule has 12 heavy (non-hydrogen) atoms. The molecule has 0 spiro atoms. The van der Waals surface area contributed by atoms with Gasteiger partial charge in [0.15, 0.2) is 0 Å². The molecule has 0 aliphatic rings. The molecule has 0 aliphatic heterocycles. The summed E-state index contributed by atoms with van der Waals surface area (Å²) in [6, 6.07) is 1.28. The zero-order valence-corrected chi connectivity index (χ0v) is 6.35. The van der Waals surface area contributed by atoms with Gasteiger partial charge in [-0.25, -0.2) is 5.90 Å². The summed E-state index contributed by atoms with van der Waals surface area (Å²) in [5, 5.41) is 16.1. The monoisotopic (exact) mass is 172 g/mol. The van der Waals surface area contributed by atoms with Crippen molar-refractivity contribution < 1.29 is 9.76 Å². The van der Waals surface area contributed by atoms with Crippen LogP contribution in [-0.2, 0) is 4.84 Å². The molecule has 0 saturated carbocycles. The Morgan fingerprint density at radius 2 is 2.58 bits per heavy atom. The Labute approximate surface area is 67.6 Å². The number of nitrogens with zero attached hydrogens (tertiary/aromatic N) is 2. The maximum atomic E-state index is 10.2. The first-order valence-electron chi connectivity index (χ1n) is 3.20. The Kier molecular flexibility index (Phi) is 2.36. The van der Waals surface area contributed by atoms with E-state index in [0.717, 1.165) is 0 Å². The number of nitro groups is 1. The molecule has 3 N–H and O–H groups in total. The van der Waals surface area contributed by atoms with Crippen LogP contribution in [0.15, 0.2) is 6.07 Å². The van der Waals surface area contributed by atoms with Crippen LogP contribution in [-0.4, -0.2) is 15.1 Å². The molecule has 7 heteroatoms. The number of hydrogen-bond acceptors (Lipinski definition) is 5. The molecular formula is C5H8N4O3. The van der Waals surface area contributed by atoms with Gasteiger partial charge in [0.25, 0.3) is 0 Å². The SMILES string of the molecule is CC(ON)c1cc([N+](=O)[O-])[nH]n1. The van der Waals surface area contributed by atoms with Crippen molar-refractivity contribution in [3.63, 3.8) is 0 Å². The molecule has 1 unspecified atom stereocenters. The Morgan fingerprint density at radius 1 is 1.92 bits per heavy atom. The highest BCUT2D eigenvalue weighted by molar-refractivity contribution is 5.21. The average molecular weight is 172 g/mol. The van der Waals surface area contributed by atoms with Gasteiger partial charge < -0.3 is 10.1 Å². The van der Waals surface area contributed by atoms with E-state index in [-0.39, 0.29) is 5.82 Å². The molecule has 0 amide bonds. The van der Waals surface area contributed by atoms with Gasteiger partial charge in [0.1, 0.15) is 11.8 Å². The predicted octanol–water partition coefficient (Wildman–Crippen LogP) is 0.269. The van der Waals surface area contributed by atoms with E-state index in [1.54, 1.807) is 6.92 Å². The molecule has 0 aliphatic carbocycles. The van der Waals surface area contributed by atoms with Crippen LogP contribution in [0.25, 0.3) is 0 Å². The van der Waals surface area contributed by atoms with Crippen LogP contribution in [0.1, 0.15) is 18.7 Å². The summed E-state index contributed by atoms with van der Waals surface area (Å²) >= 11 is 0. The third-order valence-corrected chi connectivity index (χ3v) is 1.40. The van der Waals surface area contributed by atoms with Crippen molar-refractivity contribution in [1.29, 1.82) is 0 Å². The van der Waals surface area contributed by atoms with Crippen molar-refractivity contribution in [3.8, 4) is 0 Å². The second kappa shape index (κ2) is 3.28. The Balaban J connectivity index is 2.84. The van der Waals surface area contributed by atoms with Crippen LogP contribution in [0.4, 0.5) is 5.82 Å². The van der Waals surface area contributed by atoms with Crippen molar-refractivity contribution in [2.45, 2.75) is 13.0 Å². The fraction of sp³-hybridized carbons (Fsp3) is 0.400. The average Bonchev–Trinajstić information content (AvgIpc) is 2.51. The summed E-state index contributed by atoms with van der Waals surface area (Å²) in [6.45, 7) is 1.64. The van der Waals surface area contributed by atoms with Crippen molar-refractivity contribution in [2.24, 2.45) is 5.90 Å². The van der Waals surface area contributed by atoms with E-state index in [4.69, 9.17) is 5.90 Å². The zero-order chi connectivity index (χ0) is 9.14. The Hall–Kier alpha value is -1.47. The highest BCUT2D eigenvalue weighted by Gasteiger charge is 2.14. The molecular weight excluding hydrogens is 164 g/mol. The molecule has 1 rings (SSSR count). The summed E-state index contributed by atoms with van der Waals surface area (Å²) in [4.78, 5) is 14.0. The Morgan fingerprint density at radius 3 is 3.00 bits per heavy atom. The molecule has 0 radical (unpaired) electrons. The smallest absolute Gasteiger partial charge is 0.342 e. The first-order valence-corrected chi connectivity index (χ1v) is 3.20. The van der Waals surface area contributed by atoms with Gasteiger partial charge in [0.05, 0.1) is 6.07 Å². The number of nitrogens with one attached hydrogen (secondary N) is 1. The van der Waals surface area contributed by atoms with Crippen LogP contribution in [0.3, 0.4) is 0 Å². The van der Waals surface area contributed by atoms with E-state index in [2.05, 4.69) is 15.0 Å². The molecule has 66 valence electrons. The fourth-order valence-corrected chi connectivity index (χ4v) is 0.698. The minimum Gasteiger partial charge on any atom is -0.358 e. The topological polar surface area (TPSA) is 107 Å². The van der Waals surface area contributed by atoms with Crippen molar-refractivity contribution in [1.82, 2.24) is 10.2 Å². The highest BCUT2D eigenvalue weighted by Crippen LogP contribution is 2.16. The minimum atomic E-state index is -0.570. The quantitative estimate of drug-likeness (QED) is 0.502. The van der Waals surface area contributed by atoms with Gasteiger partial charge in [0, 0.05) is 0 Å². The molecule has 0 aromatic carbocycles. The predicted molar refractivity (Wildman–Crippen MR) is 38.9 cm³/mol. The van der Waals surface area contributed by atoms with Gasteiger partial charge in [-0.2, -0.15) is 0 Å². The maximum absolute atomic E-state index is 10.2. The largest absolute Gasteiger partial charge is 0.358 e. The van der Waals surface area contributed by atoms with Crippen LogP contribution in [0, 0.1) is 10.1 Å². The lowest BCUT2D eigenvalue weighted by atomic mass is 10.3. The summed E-state index contributed by atoms with van der Waals surface area (Å²) in [5.41, 5.74) is 0.407. The number of hydrogen-bond donors (Lipinski definition) is 2. The van der Waals surface area contributed by atoms with Gasteiger partial charge in [-0.05, 0) is 11.8 Å². The lowest BCUT2D eigenvalue weighted by Crippen LogP contribution is -2.05. The molecule has 1 aromatic rings. The molecule has 0 bridgehead atoms. The third kappa shape index (κ3) is 1.57. The molecule has 0 fully saturated rings. The third-order valence-electron chi connectivity index (χ3n) is 1.40. The fourth-order valence-electron chi connectivity index (χ4n) is 0.698. The normalized spacial score (nSPS) is 12.8. The number of aromatic amines is 1. The van der Waals surface area contributed by atoms with Crippen LogP contribution >= 0.6 is 0 Å². The standard InChI is InChI=1S/C5H8N4O3/c1-3(12-6)4-2-5(8-7-4)9(10)11/h2-3H,6H2,1H3,(H,7,8). The lowest BCUT2D eigenvalue weighted by molar-refractivity contribution is -0.389. The van der Waals surface area contributed by atoms with Gasteiger partial charge in [-0.3, -0.25) is 4.84 Å². The number of aromatic nitrogens is 2. The first kappa shape index (κ1) is 8.62. The molecule has 7 nitrogen and oxygen atoms in total. The highest BCUT2D eigenvalue weighted by atomic mass is 16.6. The van der Waals surface area contributed by atoms with Gasteiger partial charge in [-0.1, -0.05) is 5.10 Å². The molecule has 1 heterocycles. The van der Waals surface area contributed by atoms with E-state index in [0.29, 0.717) is 5.69 Å². The summed E-state index contributed by atoms with van der Waals surface area (Å²) in [5.74, 6) is 4.69. The zero-order valence-electron chi connectivity index (χ0n) is 6.35. The van der Waals surface area contributed by atoms with Crippen LogP contribution in [0.5, 0.6) is 0 Å². The van der Waals surface area contributed by atoms with Crippen molar-refractivity contribution in [3.05, 3.63) is 21.9 Å². The second-order valence-electron chi connectivity index (χ2n) is 2.21. The van der Waals surface area contributed by atoms with Gasteiger partial charge >= 0.3 is 5.82 Å². The van der Waals surface area contributed by atoms with E-state index in [1.807, 2.05) is 0 Å². The van der Waals surface area contributed by atoms with Crippen LogP contribution in [0.2, 0.25) is 0 Å². The summed E-state index contributed by atoms with van der Waals surface area (Å²) in [6.07, 6.45) is -0.449. The van der Waals surface area contributed by atoms with E-state index in [1.165, 1.54) is 6.07 Å². The molecule has 0 saturated heterocycles. The maximum Gasteiger partial charge on any atom is 0.342 e. The Bertz CT molecular complexity index is 284. The minimum absolute atomic E-state index is 0.172. The van der Waals surface area contributed by atoms with E-state index >= 15 is 0 Å². The molecule has 1 atom stereocenters. The number of rotatable bonds is 3. The van der Waals surface area contributed by atoms with Gasteiger partial charge in [-0.15, -0.1) is 5.10 Å². The van der Waals surface area contributed by atoms with Crippen LogP contribution < -0.4 is 5.90 Å².